The third kappa shape index (κ3) is 6.23. The van der Waals surface area contributed by atoms with Gasteiger partial charge in [0, 0.05) is 36.5 Å². The van der Waals surface area contributed by atoms with Crippen molar-refractivity contribution in [3.05, 3.63) is 53.7 Å². The van der Waals surface area contributed by atoms with Gasteiger partial charge in [-0.15, -0.1) is 0 Å². The van der Waals surface area contributed by atoms with Gasteiger partial charge in [0.05, 0.1) is 6.54 Å². The maximum Gasteiger partial charge on any atom is 0.243 e. The fourth-order valence-electron chi connectivity index (χ4n) is 3.49. The maximum atomic E-state index is 12.5. The second kappa shape index (κ2) is 10.5. The number of aromatic hydroxyl groups is 1. The van der Waals surface area contributed by atoms with E-state index in [4.69, 9.17) is 16.2 Å². The van der Waals surface area contributed by atoms with Crippen molar-refractivity contribution in [2.45, 2.75) is 25.8 Å². The van der Waals surface area contributed by atoms with Crippen LogP contribution in [0.1, 0.15) is 18.1 Å². The molecule has 33 heavy (non-hydrogen) atoms. The van der Waals surface area contributed by atoms with E-state index >= 15 is 0 Å². The van der Waals surface area contributed by atoms with E-state index in [0.717, 1.165) is 16.5 Å². The van der Waals surface area contributed by atoms with Gasteiger partial charge in [0.2, 0.25) is 17.7 Å². The second-order valence-electron chi connectivity index (χ2n) is 7.60. The first-order valence-corrected chi connectivity index (χ1v) is 10.4. The molecule has 1 aromatic heterocycles. The van der Waals surface area contributed by atoms with Gasteiger partial charge in [-0.2, -0.15) is 0 Å². The number of rotatable bonds is 10. The normalized spacial score (nSPS) is 11.7. The molecule has 174 valence electrons. The number of primary amides is 1. The van der Waals surface area contributed by atoms with Crippen molar-refractivity contribution in [1.82, 2.24) is 15.6 Å². The summed E-state index contributed by atoms with van der Waals surface area (Å²) < 4.78 is 6.06. The first-order chi connectivity index (χ1) is 15.8. The number of benzene rings is 2. The molecule has 10 heteroatoms. The summed E-state index contributed by atoms with van der Waals surface area (Å²) in [6.45, 7) is 1.44. The molecular weight excluding hydrogens is 426 g/mol. The van der Waals surface area contributed by atoms with Gasteiger partial charge in [0.15, 0.2) is 0 Å². The van der Waals surface area contributed by atoms with Crippen molar-refractivity contribution >= 4 is 28.6 Å². The second-order valence-corrected chi connectivity index (χ2v) is 7.60. The van der Waals surface area contributed by atoms with E-state index in [-0.39, 0.29) is 18.7 Å². The molecule has 0 unspecified atom stereocenters. The smallest absolute Gasteiger partial charge is 0.243 e. The topological polar surface area (TPSA) is 173 Å². The lowest BCUT2D eigenvalue weighted by atomic mass is 10.0. The number of ether oxygens (including phenoxy) is 1. The Morgan fingerprint density at radius 1 is 1.15 bits per heavy atom. The van der Waals surface area contributed by atoms with E-state index < -0.39 is 23.8 Å². The predicted octanol–water partition coefficient (Wildman–Crippen LogP) is 0.816. The van der Waals surface area contributed by atoms with E-state index in [1.54, 1.807) is 12.1 Å². The van der Waals surface area contributed by atoms with Gasteiger partial charge in [0.1, 0.15) is 23.3 Å². The summed E-state index contributed by atoms with van der Waals surface area (Å²) in [6.07, 6.45) is 2.67. The molecule has 2 aromatic carbocycles. The number of carbonyl (C=O) groups excluding carboxylic acids is 3. The minimum absolute atomic E-state index is 0.0189. The molecule has 0 saturated heterocycles. The van der Waals surface area contributed by atoms with Crippen LogP contribution in [0.2, 0.25) is 0 Å². The third-order valence-electron chi connectivity index (χ3n) is 4.99. The van der Waals surface area contributed by atoms with Crippen molar-refractivity contribution in [1.29, 1.82) is 0 Å². The summed E-state index contributed by atoms with van der Waals surface area (Å²) in [5.74, 6) is -0.851. The van der Waals surface area contributed by atoms with E-state index in [1.807, 2.05) is 18.3 Å². The zero-order valence-corrected chi connectivity index (χ0v) is 18.2. The van der Waals surface area contributed by atoms with Gasteiger partial charge in [0.25, 0.3) is 0 Å². The van der Waals surface area contributed by atoms with Crippen molar-refractivity contribution in [2.24, 2.45) is 11.5 Å². The van der Waals surface area contributed by atoms with Crippen LogP contribution >= 0.6 is 0 Å². The van der Waals surface area contributed by atoms with Crippen LogP contribution in [-0.2, 0) is 27.2 Å². The summed E-state index contributed by atoms with van der Waals surface area (Å²) in [5.41, 5.74) is 13.3. The Kier molecular flexibility index (Phi) is 7.52. The Bertz CT molecular complexity index is 1170. The minimum atomic E-state index is -0.975. The molecule has 0 fully saturated rings. The Morgan fingerprint density at radius 3 is 2.64 bits per heavy atom. The molecule has 0 bridgehead atoms. The quantitative estimate of drug-likeness (QED) is 0.265. The third-order valence-corrected chi connectivity index (χ3v) is 4.99. The molecule has 0 aliphatic carbocycles. The Balaban J connectivity index is 1.88. The van der Waals surface area contributed by atoms with E-state index in [0.29, 0.717) is 30.0 Å². The SMILES string of the molecule is CC(=O)N[C@@H](Cc1ccc(O)cc1Oc1ccc2[nH]cc(CCN)c2c1)C(=O)NCC(N)=O. The number of fused-ring (bicyclic) bond motifs is 1. The van der Waals surface area contributed by atoms with Crippen LogP contribution in [0, 0.1) is 0 Å². The number of hydrogen-bond donors (Lipinski definition) is 6. The van der Waals surface area contributed by atoms with Crippen LogP contribution in [0.5, 0.6) is 17.2 Å². The Labute approximate surface area is 190 Å². The van der Waals surface area contributed by atoms with Crippen LogP contribution < -0.4 is 26.8 Å². The molecule has 8 N–H and O–H groups in total. The van der Waals surface area contributed by atoms with E-state index in [1.165, 1.54) is 19.1 Å². The summed E-state index contributed by atoms with van der Waals surface area (Å²) in [6, 6.07) is 9.06. The highest BCUT2D eigenvalue weighted by atomic mass is 16.5. The van der Waals surface area contributed by atoms with Crippen molar-refractivity contribution < 1.29 is 24.2 Å². The maximum absolute atomic E-state index is 12.5. The molecule has 3 rings (SSSR count). The first kappa shape index (κ1) is 23.6. The average molecular weight is 453 g/mol. The van der Waals surface area contributed by atoms with E-state index in [9.17, 15) is 19.5 Å². The lowest BCUT2D eigenvalue weighted by Gasteiger charge is -2.19. The molecule has 3 aromatic rings. The lowest BCUT2D eigenvalue weighted by Crippen LogP contribution is -2.49. The zero-order chi connectivity index (χ0) is 24.0. The van der Waals surface area contributed by atoms with Gasteiger partial charge in [-0.1, -0.05) is 6.07 Å². The molecule has 1 heterocycles. The summed E-state index contributed by atoms with van der Waals surface area (Å²) in [4.78, 5) is 38.3. The number of nitrogens with two attached hydrogens (primary N) is 2. The molecule has 0 saturated carbocycles. The molecule has 0 aliphatic rings. The van der Waals surface area contributed by atoms with Crippen molar-refractivity contribution in [3.63, 3.8) is 0 Å². The molecule has 0 aliphatic heterocycles. The van der Waals surface area contributed by atoms with Crippen LogP contribution in [0.3, 0.4) is 0 Å². The number of phenolic OH excluding ortho intramolecular Hbond substituents is 1. The number of phenols is 1. The van der Waals surface area contributed by atoms with Crippen LogP contribution in [0.15, 0.2) is 42.6 Å². The van der Waals surface area contributed by atoms with Gasteiger partial charge in [-0.3, -0.25) is 14.4 Å². The van der Waals surface area contributed by atoms with Gasteiger partial charge in [-0.25, -0.2) is 0 Å². The van der Waals surface area contributed by atoms with Crippen LogP contribution in [-0.4, -0.2) is 46.9 Å². The van der Waals surface area contributed by atoms with Crippen molar-refractivity contribution in [3.8, 4) is 17.2 Å². The highest BCUT2D eigenvalue weighted by molar-refractivity contribution is 5.90. The molecule has 0 radical (unpaired) electrons. The molecule has 1 atom stereocenters. The molecule has 0 spiro atoms. The van der Waals surface area contributed by atoms with Crippen LogP contribution in [0.4, 0.5) is 0 Å². The fourth-order valence-corrected chi connectivity index (χ4v) is 3.49. The number of hydrogen-bond acceptors (Lipinski definition) is 6. The molecular formula is C23H27N5O5. The molecule has 10 nitrogen and oxygen atoms in total. The number of nitrogens with one attached hydrogen (secondary N) is 3. The number of H-pyrrole nitrogens is 1. The monoisotopic (exact) mass is 453 g/mol. The predicted molar refractivity (Wildman–Crippen MR) is 123 cm³/mol. The standard InChI is InChI=1S/C23H27N5O5/c1-13(29)28-20(23(32)27-12-22(25)31)8-14-2-3-16(30)9-21(14)33-17-4-5-19-18(10-17)15(6-7-24)11-26-19/h2-5,9-11,20,26,30H,6-8,12,24H2,1H3,(H2,25,31)(H,27,32)(H,28,29)/t20-/m0/s1. The van der Waals surface area contributed by atoms with E-state index in [2.05, 4.69) is 15.6 Å². The minimum Gasteiger partial charge on any atom is -0.508 e. The highest BCUT2D eigenvalue weighted by Gasteiger charge is 2.22. The number of amides is 3. The number of carbonyl (C=O) groups is 3. The average Bonchev–Trinajstić information content (AvgIpc) is 3.15. The molecule has 3 amide bonds. The highest BCUT2D eigenvalue weighted by Crippen LogP contribution is 2.32. The largest absolute Gasteiger partial charge is 0.508 e. The zero-order valence-electron chi connectivity index (χ0n) is 18.2. The van der Waals surface area contributed by atoms with Crippen molar-refractivity contribution in [2.75, 3.05) is 13.1 Å². The Hall–Kier alpha value is -4.05. The fraction of sp³-hybridized carbons (Fsp3) is 0.261. The Morgan fingerprint density at radius 2 is 1.94 bits per heavy atom. The number of aromatic amines is 1. The van der Waals surface area contributed by atoms with Crippen LogP contribution in [0.25, 0.3) is 10.9 Å². The summed E-state index contributed by atoms with van der Waals surface area (Å²) in [7, 11) is 0. The van der Waals surface area contributed by atoms with Gasteiger partial charge < -0.3 is 36.9 Å². The summed E-state index contributed by atoms with van der Waals surface area (Å²) >= 11 is 0. The van der Waals surface area contributed by atoms with Gasteiger partial charge >= 0.3 is 0 Å². The lowest BCUT2D eigenvalue weighted by molar-refractivity contribution is -0.129. The summed E-state index contributed by atoms with van der Waals surface area (Å²) in [5, 5.41) is 15.9. The van der Waals surface area contributed by atoms with Gasteiger partial charge in [-0.05, 0) is 48.4 Å². The first-order valence-electron chi connectivity index (χ1n) is 10.4. The number of aromatic nitrogens is 1.